The summed E-state index contributed by atoms with van der Waals surface area (Å²) in [6.07, 6.45) is 2.31. The predicted molar refractivity (Wildman–Crippen MR) is 89.2 cm³/mol. The lowest BCUT2D eigenvalue weighted by atomic mass is 10.1. The number of aliphatic hydroxyl groups excluding tert-OH is 1. The number of furan rings is 1. The van der Waals surface area contributed by atoms with Crippen LogP contribution in [0.15, 0.2) is 40.9 Å². The van der Waals surface area contributed by atoms with Crippen LogP contribution in [0.25, 0.3) is 22.4 Å². The van der Waals surface area contributed by atoms with Gasteiger partial charge >= 0.3 is 0 Å². The Bertz CT molecular complexity index is 839. The summed E-state index contributed by atoms with van der Waals surface area (Å²) in [5.74, 6) is 0.722. The van der Waals surface area contributed by atoms with Crippen LogP contribution in [0.4, 0.5) is 4.39 Å². The molecule has 1 unspecified atom stereocenters. The van der Waals surface area contributed by atoms with Gasteiger partial charge in [0.1, 0.15) is 16.9 Å². The van der Waals surface area contributed by atoms with E-state index in [1.165, 1.54) is 0 Å². The number of nitrogens with zero attached hydrogens (tertiary/aromatic N) is 3. The molecule has 1 aliphatic heterocycles. The second kappa shape index (κ2) is 5.72. The maximum Gasteiger partial charge on any atom is 0.156 e. The van der Waals surface area contributed by atoms with E-state index in [9.17, 15) is 9.50 Å². The van der Waals surface area contributed by atoms with Crippen molar-refractivity contribution in [2.45, 2.75) is 18.6 Å². The zero-order valence-corrected chi connectivity index (χ0v) is 13.6. The number of aryl methyl sites for hydroxylation is 1. The van der Waals surface area contributed by atoms with Gasteiger partial charge in [-0.2, -0.15) is 5.10 Å². The van der Waals surface area contributed by atoms with E-state index < -0.39 is 12.3 Å². The first kappa shape index (κ1) is 15.4. The van der Waals surface area contributed by atoms with Crippen molar-refractivity contribution in [3.63, 3.8) is 0 Å². The van der Waals surface area contributed by atoms with Gasteiger partial charge in [-0.05, 0) is 18.6 Å². The summed E-state index contributed by atoms with van der Waals surface area (Å²) >= 11 is 0. The van der Waals surface area contributed by atoms with Gasteiger partial charge in [-0.25, -0.2) is 4.39 Å². The quantitative estimate of drug-likeness (QED) is 0.800. The molecule has 1 aromatic carbocycles. The van der Waals surface area contributed by atoms with Gasteiger partial charge in [-0.1, -0.05) is 18.2 Å². The monoisotopic (exact) mass is 329 g/mol. The van der Waals surface area contributed by atoms with Crippen molar-refractivity contribution >= 4 is 11.0 Å². The van der Waals surface area contributed by atoms with Gasteiger partial charge in [0.25, 0.3) is 0 Å². The Hall–Kier alpha value is -2.18. The SMILES string of the molecule is Cn1cc(CN2CCC(F)(CO)C2)c(-c2cc3ccccc3o2)n1. The van der Waals surface area contributed by atoms with E-state index in [-0.39, 0.29) is 6.54 Å². The first-order valence-corrected chi connectivity index (χ1v) is 8.10. The lowest BCUT2D eigenvalue weighted by Gasteiger charge is -2.18. The number of hydrogen-bond donors (Lipinski definition) is 1. The summed E-state index contributed by atoms with van der Waals surface area (Å²) in [7, 11) is 1.87. The molecule has 0 spiro atoms. The molecule has 0 saturated carbocycles. The number of halogens is 1. The number of aromatic nitrogens is 2. The minimum absolute atomic E-state index is 0.248. The lowest BCUT2D eigenvalue weighted by molar-refractivity contribution is 0.0769. The summed E-state index contributed by atoms with van der Waals surface area (Å²) in [5.41, 5.74) is 1.13. The highest BCUT2D eigenvalue weighted by Gasteiger charge is 2.38. The van der Waals surface area contributed by atoms with E-state index in [1.54, 1.807) is 4.68 Å². The van der Waals surface area contributed by atoms with Crippen LogP contribution < -0.4 is 0 Å². The Kier molecular flexibility index (Phi) is 3.66. The van der Waals surface area contributed by atoms with Crippen molar-refractivity contribution in [1.29, 1.82) is 0 Å². The fraction of sp³-hybridized carbons (Fsp3) is 0.389. The lowest BCUT2D eigenvalue weighted by Crippen LogP contribution is -2.32. The Morgan fingerprint density at radius 3 is 2.96 bits per heavy atom. The first-order chi connectivity index (χ1) is 11.6. The molecule has 6 heteroatoms. The van der Waals surface area contributed by atoms with Crippen LogP contribution in [0.5, 0.6) is 0 Å². The molecule has 3 heterocycles. The maximum atomic E-state index is 14.2. The highest BCUT2D eigenvalue weighted by atomic mass is 19.1. The third-order valence-corrected chi connectivity index (χ3v) is 4.62. The van der Waals surface area contributed by atoms with Crippen molar-refractivity contribution in [3.8, 4) is 11.5 Å². The second-order valence-electron chi connectivity index (χ2n) is 6.59. The maximum absolute atomic E-state index is 14.2. The molecule has 4 rings (SSSR count). The second-order valence-corrected chi connectivity index (χ2v) is 6.59. The number of benzene rings is 1. The molecule has 0 aliphatic carbocycles. The normalized spacial score (nSPS) is 21.8. The largest absolute Gasteiger partial charge is 0.454 e. The molecule has 0 radical (unpaired) electrons. The topological polar surface area (TPSA) is 54.4 Å². The van der Waals surface area contributed by atoms with Crippen LogP contribution >= 0.6 is 0 Å². The average Bonchev–Trinajstić information content (AvgIpc) is 3.25. The number of para-hydroxylation sites is 1. The van der Waals surface area contributed by atoms with Gasteiger partial charge in [-0.3, -0.25) is 9.58 Å². The fourth-order valence-electron chi connectivity index (χ4n) is 3.38. The van der Waals surface area contributed by atoms with E-state index in [0.717, 1.165) is 28.0 Å². The van der Waals surface area contributed by atoms with Crippen molar-refractivity contribution in [3.05, 3.63) is 42.1 Å². The summed E-state index contributed by atoms with van der Waals surface area (Å²) in [4.78, 5) is 2.01. The van der Waals surface area contributed by atoms with E-state index in [0.29, 0.717) is 19.5 Å². The number of rotatable bonds is 4. The van der Waals surface area contributed by atoms with Crippen LogP contribution in [-0.4, -0.2) is 45.2 Å². The molecule has 1 aliphatic rings. The van der Waals surface area contributed by atoms with Gasteiger partial charge in [0.2, 0.25) is 0 Å². The van der Waals surface area contributed by atoms with E-state index in [4.69, 9.17) is 4.42 Å². The number of hydrogen-bond acceptors (Lipinski definition) is 4. The first-order valence-electron chi connectivity index (χ1n) is 8.10. The van der Waals surface area contributed by atoms with E-state index in [2.05, 4.69) is 5.10 Å². The number of likely N-dealkylation sites (tertiary alicyclic amines) is 1. The molecule has 1 N–H and O–H groups in total. The van der Waals surface area contributed by atoms with Gasteiger partial charge in [0.05, 0.1) is 6.61 Å². The van der Waals surface area contributed by atoms with E-state index in [1.807, 2.05) is 48.5 Å². The Morgan fingerprint density at radius 2 is 2.21 bits per heavy atom. The summed E-state index contributed by atoms with van der Waals surface area (Å²) in [6, 6.07) is 9.83. The molecular weight excluding hydrogens is 309 g/mol. The molecule has 5 nitrogen and oxygen atoms in total. The predicted octanol–water partition coefficient (Wildman–Crippen LogP) is 2.74. The van der Waals surface area contributed by atoms with Crippen LogP contribution in [-0.2, 0) is 13.6 Å². The van der Waals surface area contributed by atoms with Crippen molar-refractivity contribution in [2.24, 2.45) is 7.05 Å². The number of alkyl halides is 1. The van der Waals surface area contributed by atoms with Crippen LogP contribution in [0.3, 0.4) is 0 Å². The molecule has 3 aromatic rings. The van der Waals surface area contributed by atoms with Crippen molar-refractivity contribution in [1.82, 2.24) is 14.7 Å². The Labute approximate surface area is 139 Å². The minimum atomic E-state index is -1.48. The highest BCUT2D eigenvalue weighted by Crippen LogP contribution is 2.31. The third kappa shape index (κ3) is 2.72. The molecule has 24 heavy (non-hydrogen) atoms. The zero-order valence-electron chi connectivity index (χ0n) is 13.6. The van der Waals surface area contributed by atoms with Crippen molar-refractivity contribution < 1.29 is 13.9 Å². The summed E-state index contributed by atoms with van der Waals surface area (Å²) < 4.78 is 21.9. The molecule has 0 amide bonds. The molecule has 0 bridgehead atoms. The van der Waals surface area contributed by atoms with Crippen LogP contribution in [0.1, 0.15) is 12.0 Å². The number of aliphatic hydroxyl groups is 1. The van der Waals surface area contributed by atoms with Crippen molar-refractivity contribution in [2.75, 3.05) is 19.7 Å². The average molecular weight is 329 g/mol. The summed E-state index contributed by atoms with van der Waals surface area (Å²) in [6.45, 7) is 1.04. The standard InChI is InChI=1S/C18H20FN3O2/c1-21-9-14(10-22-7-6-18(19,11-22)12-23)17(20-21)16-8-13-4-2-3-5-15(13)24-16/h2-5,8-9,23H,6-7,10-12H2,1H3. The molecule has 1 saturated heterocycles. The molecule has 2 aromatic heterocycles. The van der Waals surface area contributed by atoms with Gasteiger partial charge in [-0.15, -0.1) is 0 Å². The smallest absolute Gasteiger partial charge is 0.156 e. The Morgan fingerprint density at radius 1 is 1.38 bits per heavy atom. The highest BCUT2D eigenvalue weighted by molar-refractivity contribution is 5.82. The minimum Gasteiger partial charge on any atom is -0.454 e. The molecule has 126 valence electrons. The van der Waals surface area contributed by atoms with E-state index >= 15 is 0 Å². The number of fused-ring (bicyclic) bond motifs is 1. The third-order valence-electron chi connectivity index (χ3n) is 4.62. The zero-order chi connectivity index (χ0) is 16.7. The fourth-order valence-corrected chi connectivity index (χ4v) is 3.38. The van der Waals surface area contributed by atoms with Crippen LogP contribution in [0, 0.1) is 0 Å². The van der Waals surface area contributed by atoms with Gasteiger partial charge < -0.3 is 9.52 Å². The van der Waals surface area contributed by atoms with Crippen LogP contribution in [0.2, 0.25) is 0 Å². The van der Waals surface area contributed by atoms with Gasteiger partial charge in [0.15, 0.2) is 5.76 Å². The molecule has 1 atom stereocenters. The van der Waals surface area contributed by atoms with Gasteiger partial charge in [0, 0.05) is 43.8 Å². The summed E-state index contributed by atoms with van der Waals surface area (Å²) in [5, 5.41) is 14.8. The molecular formula is C18H20FN3O2. The molecule has 1 fully saturated rings. The Balaban J connectivity index is 1.63.